The highest BCUT2D eigenvalue weighted by molar-refractivity contribution is 7.92. The maximum absolute atomic E-state index is 13.4. The van der Waals surface area contributed by atoms with Gasteiger partial charge in [-0.15, -0.1) is 0 Å². The van der Waals surface area contributed by atoms with Gasteiger partial charge >= 0.3 is 0 Å². The van der Waals surface area contributed by atoms with Crippen LogP contribution in [0, 0.1) is 0 Å². The van der Waals surface area contributed by atoms with Crippen molar-refractivity contribution in [3.8, 4) is 0 Å². The van der Waals surface area contributed by atoms with Gasteiger partial charge in [-0.05, 0) is 66.9 Å². The molecule has 1 aliphatic heterocycles. The van der Waals surface area contributed by atoms with E-state index in [9.17, 15) is 21.6 Å². The molecule has 33 heavy (non-hydrogen) atoms. The van der Waals surface area contributed by atoms with E-state index in [1.807, 2.05) is 0 Å². The Balaban J connectivity index is 1.67. The van der Waals surface area contributed by atoms with Gasteiger partial charge in [-0.2, -0.15) is 0 Å². The molecule has 0 saturated carbocycles. The molecular weight excluding hydrogens is 460 g/mol. The number of sulfonamides is 1. The summed E-state index contributed by atoms with van der Waals surface area (Å²) in [5.74, 6) is -0.331. The Morgan fingerprint density at radius 2 is 1.61 bits per heavy atom. The average Bonchev–Trinajstić information content (AvgIpc) is 2.82. The van der Waals surface area contributed by atoms with Crippen molar-refractivity contribution in [2.75, 3.05) is 29.1 Å². The van der Waals surface area contributed by atoms with Crippen molar-refractivity contribution in [3.63, 3.8) is 0 Å². The molecule has 1 aliphatic rings. The number of benzene rings is 3. The Hall–Kier alpha value is -3.17. The summed E-state index contributed by atoms with van der Waals surface area (Å²) in [5.41, 5.74) is 2.19. The Morgan fingerprint density at radius 1 is 0.879 bits per heavy atom. The highest BCUT2D eigenvalue weighted by atomic mass is 32.2. The topological polar surface area (TPSA) is 91.8 Å². The first-order chi connectivity index (χ1) is 15.6. The molecule has 0 aromatic heterocycles. The molecule has 9 heteroatoms. The first-order valence-electron chi connectivity index (χ1n) is 10.4. The van der Waals surface area contributed by atoms with Crippen LogP contribution in [-0.4, -0.2) is 42.6 Å². The monoisotopic (exact) mass is 484 g/mol. The van der Waals surface area contributed by atoms with Gasteiger partial charge in [-0.1, -0.05) is 24.3 Å². The number of hydrogen-bond acceptors (Lipinski definition) is 5. The minimum Gasteiger partial charge on any atom is -0.308 e. The molecule has 0 radical (unpaired) electrons. The molecule has 0 bridgehead atoms. The number of aryl methyl sites for hydroxylation is 1. The van der Waals surface area contributed by atoms with Crippen molar-refractivity contribution in [1.29, 1.82) is 0 Å². The minimum atomic E-state index is -3.87. The summed E-state index contributed by atoms with van der Waals surface area (Å²) in [6, 6.07) is 19.4. The molecule has 0 fully saturated rings. The predicted octanol–water partition coefficient (Wildman–Crippen LogP) is 3.51. The summed E-state index contributed by atoms with van der Waals surface area (Å²) in [4.78, 5) is 15.2. The Bertz CT molecular complexity index is 1420. The van der Waals surface area contributed by atoms with E-state index in [0.29, 0.717) is 30.8 Å². The van der Waals surface area contributed by atoms with E-state index >= 15 is 0 Å². The van der Waals surface area contributed by atoms with Gasteiger partial charge in [-0.25, -0.2) is 16.8 Å². The lowest BCUT2D eigenvalue weighted by atomic mass is 10.0. The third-order valence-corrected chi connectivity index (χ3v) is 8.59. The zero-order valence-electron chi connectivity index (χ0n) is 18.3. The zero-order valence-corrected chi connectivity index (χ0v) is 19.9. The van der Waals surface area contributed by atoms with Crippen molar-refractivity contribution in [2.24, 2.45) is 0 Å². The summed E-state index contributed by atoms with van der Waals surface area (Å²) in [7, 11) is -5.75. The van der Waals surface area contributed by atoms with Crippen LogP contribution in [0.15, 0.2) is 82.6 Å². The number of sulfone groups is 1. The van der Waals surface area contributed by atoms with Crippen LogP contribution in [0.3, 0.4) is 0 Å². The fourth-order valence-electron chi connectivity index (χ4n) is 3.90. The SMILES string of the molecule is CN(c1ccccc1)S(=O)(=O)c1cccc(C(=O)N2CCCc3cc(S(C)(=O)=O)ccc32)c1. The molecule has 0 aliphatic carbocycles. The van der Waals surface area contributed by atoms with Gasteiger partial charge in [0.1, 0.15) is 0 Å². The van der Waals surface area contributed by atoms with Gasteiger partial charge in [0.15, 0.2) is 9.84 Å². The van der Waals surface area contributed by atoms with Gasteiger partial charge in [0.25, 0.3) is 15.9 Å². The van der Waals surface area contributed by atoms with Gasteiger partial charge in [0, 0.05) is 31.1 Å². The summed E-state index contributed by atoms with van der Waals surface area (Å²) in [6.45, 7) is 0.463. The molecule has 1 heterocycles. The fourth-order valence-corrected chi connectivity index (χ4v) is 5.81. The van der Waals surface area contributed by atoms with Crippen molar-refractivity contribution in [1.82, 2.24) is 0 Å². The number of amides is 1. The summed E-state index contributed by atoms with van der Waals surface area (Å²) < 4.78 is 51.3. The third kappa shape index (κ3) is 4.51. The highest BCUT2D eigenvalue weighted by Crippen LogP contribution is 2.31. The smallest absolute Gasteiger partial charge is 0.264 e. The molecule has 0 spiro atoms. The summed E-state index contributed by atoms with van der Waals surface area (Å²) in [5, 5.41) is 0. The van der Waals surface area contributed by atoms with Crippen LogP contribution in [0.5, 0.6) is 0 Å². The van der Waals surface area contributed by atoms with Crippen LogP contribution in [0.2, 0.25) is 0 Å². The number of fused-ring (bicyclic) bond motifs is 1. The van der Waals surface area contributed by atoms with Crippen molar-refractivity contribution in [2.45, 2.75) is 22.6 Å². The second kappa shape index (κ2) is 8.64. The normalized spacial score (nSPS) is 13.9. The van der Waals surface area contributed by atoms with Crippen LogP contribution in [0.25, 0.3) is 0 Å². The van der Waals surface area contributed by atoms with Crippen molar-refractivity contribution < 1.29 is 21.6 Å². The number of anilines is 2. The molecule has 172 valence electrons. The zero-order chi connectivity index (χ0) is 23.8. The lowest BCUT2D eigenvalue weighted by molar-refractivity contribution is 0.0985. The fraction of sp³-hybridized carbons (Fsp3) is 0.208. The minimum absolute atomic E-state index is 0.0179. The molecule has 0 unspecified atom stereocenters. The number of hydrogen-bond donors (Lipinski definition) is 0. The van der Waals surface area contributed by atoms with E-state index in [-0.39, 0.29) is 21.3 Å². The van der Waals surface area contributed by atoms with Gasteiger partial charge in [0.05, 0.1) is 15.5 Å². The first kappa shape index (κ1) is 23.0. The van der Waals surface area contributed by atoms with E-state index in [2.05, 4.69) is 0 Å². The molecular formula is C24H24N2O5S2. The number of para-hydroxylation sites is 1. The van der Waals surface area contributed by atoms with E-state index in [0.717, 1.165) is 11.8 Å². The molecule has 3 aromatic rings. The molecule has 4 rings (SSSR count). The first-order valence-corrected chi connectivity index (χ1v) is 13.7. The highest BCUT2D eigenvalue weighted by Gasteiger charge is 2.27. The van der Waals surface area contributed by atoms with Crippen molar-refractivity contribution in [3.05, 3.63) is 83.9 Å². The summed E-state index contributed by atoms with van der Waals surface area (Å²) >= 11 is 0. The average molecular weight is 485 g/mol. The number of rotatable bonds is 5. The van der Waals surface area contributed by atoms with E-state index in [1.54, 1.807) is 59.5 Å². The number of carbonyl (C=O) groups is 1. The lowest BCUT2D eigenvalue weighted by Gasteiger charge is -2.30. The number of nitrogens with zero attached hydrogens (tertiary/aromatic N) is 2. The largest absolute Gasteiger partial charge is 0.308 e. The van der Waals surface area contributed by atoms with Crippen LogP contribution in [-0.2, 0) is 26.3 Å². The molecule has 3 aromatic carbocycles. The summed E-state index contributed by atoms with van der Waals surface area (Å²) in [6.07, 6.45) is 2.50. The molecule has 7 nitrogen and oxygen atoms in total. The van der Waals surface area contributed by atoms with Crippen LogP contribution >= 0.6 is 0 Å². The van der Waals surface area contributed by atoms with E-state index in [4.69, 9.17) is 0 Å². The Morgan fingerprint density at radius 3 is 2.30 bits per heavy atom. The molecule has 0 N–H and O–H groups in total. The molecule has 0 saturated heterocycles. The van der Waals surface area contributed by atoms with Crippen LogP contribution in [0.1, 0.15) is 22.3 Å². The van der Waals surface area contributed by atoms with Gasteiger partial charge in [0.2, 0.25) is 0 Å². The third-order valence-electron chi connectivity index (χ3n) is 5.70. The number of carbonyl (C=O) groups excluding carboxylic acids is 1. The maximum Gasteiger partial charge on any atom is 0.264 e. The second-order valence-electron chi connectivity index (χ2n) is 7.96. The molecule has 1 amide bonds. The predicted molar refractivity (Wildman–Crippen MR) is 128 cm³/mol. The standard InChI is InChI=1S/C24H24N2O5S2/c1-25(20-10-4-3-5-11-20)33(30,31)22-12-6-8-19(17-22)24(27)26-15-7-9-18-16-21(32(2,28)29)13-14-23(18)26/h3-6,8,10-14,16-17H,7,9,15H2,1-2H3. The van der Waals surface area contributed by atoms with Gasteiger partial charge in [-0.3, -0.25) is 9.10 Å². The Labute approximate surface area is 194 Å². The van der Waals surface area contributed by atoms with Crippen molar-refractivity contribution >= 4 is 37.1 Å². The van der Waals surface area contributed by atoms with Crippen LogP contribution in [0.4, 0.5) is 11.4 Å². The molecule has 0 atom stereocenters. The lowest BCUT2D eigenvalue weighted by Crippen LogP contribution is -2.35. The second-order valence-corrected chi connectivity index (χ2v) is 11.9. The van der Waals surface area contributed by atoms with Gasteiger partial charge < -0.3 is 4.90 Å². The van der Waals surface area contributed by atoms with E-state index < -0.39 is 19.9 Å². The van der Waals surface area contributed by atoms with E-state index in [1.165, 1.54) is 29.6 Å². The Kier molecular flexibility index (Phi) is 6.02. The maximum atomic E-state index is 13.4. The van der Waals surface area contributed by atoms with Crippen LogP contribution < -0.4 is 9.21 Å². The quantitative estimate of drug-likeness (QED) is 0.553.